The highest BCUT2D eigenvalue weighted by Crippen LogP contribution is 2.29. The number of aromatic nitrogens is 3. The van der Waals surface area contributed by atoms with Gasteiger partial charge in [0.15, 0.2) is 0 Å². The highest BCUT2D eigenvalue weighted by Gasteiger charge is 2.31. The van der Waals surface area contributed by atoms with Crippen LogP contribution in [0.3, 0.4) is 0 Å². The van der Waals surface area contributed by atoms with Crippen molar-refractivity contribution >= 4 is 15.9 Å². The summed E-state index contributed by atoms with van der Waals surface area (Å²) in [5.41, 5.74) is 0.520. The Hall–Kier alpha value is -2.26. The number of carbonyl (C=O) groups is 1. The summed E-state index contributed by atoms with van der Waals surface area (Å²) in [5.74, 6) is 2.23. The van der Waals surface area contributed by atoms with Crippen LogP contribution in [-0.4, -0.2) is 53.1 Å². The van der Waals surface area contributed by atoms with E-state index in [2.05, 4.69) is 19.5 Å². The number of nitrogens with zero attached hydrogens (tertiary/aromatic N) is 4. The first-order valence-electron chi connectivity index (χ1n) is 11.3. The van der Waals surface area contributed by atoms with Crippen molar-refractivity contribution in [3.63, 3.8) is 0 Å². The molecule has 1 unspecified atom stereocenters. The Morgan fingerprint density at radius 1 is 0.968 bits per heavy atom. The number of aryl methyl sites for hydroxylation is 1. The molecule has 5 rings (SSSR count). The molecule has 1 amide bonds. The van der Waals surface area contributed by atoms with E-state index in [0.29, 0.717) is 18.7 Å². The first-order valence-corrected chi connectivity index (χ1v) is 12.8. The highest BCUT2D eigenvalue weighted by molar-refractivity contribution is 7.89. The lowest BCUT2D eigenvalue weighted by atomic mass is 9.96. The van der Waals surface area contributed by atoms with Crippen molar-refractivity contribution in [1.29, 1.82) is 0 Å². The fraction of sp³-hybridized carbons (Fsp3) is 0.591. The number of fused-ring (bicyclic) bond motifs is 1. The molecule has 166 valence electrons. The van der Waals surface area contributed by atoms with Crippen molar-refractivity contribution in [3.8, 4) is 0 Å². The van der Waals surface area contributed by atoms with Gasteiger partial charge in [0.2, 0.25) is 10.0 Å². The zero-order valence-corrected chi connectivity index (χ0v) is 18.5. The number of rotatable bonds is 5. The van der Waals surface area contributed by atoms with E-state index in [0.717, 1.165) is 63.1 Å². The van der Waals surface area contributed by atoms with Crippen LogP contribution in [0.15, 0.2) is 29.2 Å². The van der Waals surface area contributed by atoms with Crippen LogP contribution in [0, 0.1) is 0 Å². The maximum Gasteiger partial charge on any atom is 0.253 e. The van der Waals surface area contributed by atoms with Crippen LogP contribution in [0.2, 0.25) is 0 Å². The molecule has 3 aliphatic rings. The quantitative estimate of drug-likeness (QED) is 0.766. The maximum atomic E-state index is 13.1. The first kappa shape index (κ1) is 20.6. The predicted molar refractivity (Wildman–Crippen MR) is 115 cm³/mol. The van der Waals surface area contributed by atoms with Gasteiger partial charge in [-0.1, -0.05) is 6.42 Å². The molecule has 2 fully saturated rings. The van der Waals surface area contributed by atoms with Crippen LogP contribution in [0.25, 0.3) is 0 Å². The molecule has 1 saturated heterocycles. The Morgan fingerprint density at radius 2 is 1.77 bits per heavy atom. The van der Waals surface area contributed by atoms with Gasteiger partial charge in [-0.15, -0.1) is 10.2 Å². The lowest BCUT2D eigenvalue weighted by molar-refractivity contribution is 0.0703. The van der Waals surface area contributed by atoms with Crippen LogP contribution >= 0.6 is 0 Å². The number of sulfonamides is 1. The molecule has 0 spiro atoms. The molecule has 1 aromatic carbocycles. The van der Waals surface area contributed by atoms with E-state index in [1.807, 2.05) is 4.90 Å². The smallest absolute Gasteiger partial charge is 0.253 e. The van der Waals surface area contributed by atoms with Gasteiger partial charge < -0.3 is 9.47 Å². The zero-order valence-electron chi connectivity index (χ0n) is 17.7. The van der Waals surface area contributed by atoms with Crippen LogP contribution < -0.4 is 4.72 Å². The average Bonchev–Trinajstić information content (AvgIpc) is 3.55. The summed E-state index contributed by atoms with van der Waals surface area (Å²) >= 11 is 0. The standard InChI is InChI=1S/C22H29N5O3S/c28-22(16-7-11-19(12-8-16)31(29,30)25-18-9-10-18)26-13-4-5-17(15-26)21-24-23-20-6-2-1-3-14-27(20)21/h7-8,11-12,17-18,25H,1-6,9-10,13-15H2. The van der Waals surface area contributed by atoms with E-state index < -0.39 is 10.0 Å². The molecule has 31 heavy (non-hydrogen) atoms. The van der Waals surface area contributed by atoms with E-state index >= 15 is 0 Å². The van der Waals surface area contributed by atoms with Crippen molar-refractivity contribution in [2.24, 2.45) is 0 Å². The van der Waals surface area contributed by atoms with Gasteiger partial charge in [0.25, 0.3) is 5.91 Å². The molecule has 2 aromatic rings. The minimum atomic E-state index is -3.51. The molecule has 3 heterocycles. The van der Waals surface area contributed by atoms with Gasteiger partial charge in [-0.05, 0) is 62.8 Å². The van der Waals surface area contributed by atoms with E-state index in [1.54, 1.807) is 12.1 Å². The summed E-state index contributed by atoms with van der Waals surface area (Å²) in [4.78, 5) is 15.2. The monoisotopic (exact) mass is 443 g/mol. The number of likely N-dealkylation sites (tertiary alicyclic amines) is 1. The van der Waals surface area contributed by atoms with Crippen LogP contribution in [0.4, 0.5) is 0 Å². The first-order chi connectivity index (χ1) is 15.0. The number of hydrogen-bond donors (Lipinski definition) is 1. The number of piperidine rings is 1. The van der Waals surface area contributed by atoms with Crippen LogP contribution in [0.1, 0.15) is 72.9 Å². The van der Waals surface area contributed by atoms with Gasteiger partial charge in [-0.3, -0.25) is 4.79 Å². The maximum absolute atomic E-state index is 13.1. The average molecular weight is 444 g/mol. The number of nitrogens with one attached hydrogen (secondary N) is 1. The largest absolute Gasteiger partial charge is 0.338 e. The van der Waals surface area contributed by atoms with Crippen LogP contribution in [0.5, 0.6) is 0 Å². The number of benzene rings is 1. The molecule has 9 heteroatoms. The fourth-order valence-corrected chi connectivity index (χ4v) is 5.93. The van der Waals surface area contributed by atoms with E-state index in [1.165, 1.54) is 18.6 Å². The Kier molecular flexibility index (Phi) is 5.56. The topological polar surface area (TPSA) is 97.2 Å². The Labute approximate surface area is 183 Å². The number of hydrogen-bond acceptors (Lipinski definition) is 5. The molecule has 2 aliphatic heterocycles. The molecule has 0 bridgehead atoms. The second kappa shape index (κ2) is 8.35. The second-order valence-electron chi connectivity index (χ2n) is 8.95. The van der Waals surface area contributed by atoms with E-state index in [9.17, 15) is 13.2 Å². The minimum Gasteiger partial charge on any atom is -0.338 e. The fourth-order valence-electron chi connectivity index (χ4n) is 4.63. The van der Waals surface area contributed by atoms with Gasteiger partial charge in [-0.25, -0.2) is 13.1 Å². The van der Waals surface area contributed by atoms with Gasteiger partial charge in [0, 0.05) is 43.6 Å². The predicted octanol–water partition coefficient (Wildman–Crippen LogP) is 2.46. The molecule has 1 saturated carbocycles. The summed E-state index contributed by atoms with van der Waals surface area (Å²) in [6.45, 7) is 2.30. The molecule has 0 radical (unpaired) electrons. The van der Waals surface area contributed by atoms with Crippen molar-refractivity contribution < 1.29 is 13.2 Å². The molecule has 1 N–H and O–H groups in total. The molecular formula is C22H29N5O3S. The molecule has 8 nitrogen and oxygen atoms in total. The Bertz CT molecular complexity index is 1060. The summed E-state index contributed by atoms with van der Waals surface area (Å²) < 4.78 is 29.7. The third-order valence-electron chi connectivity index (χ3n) is 6.52. The summed E-state index contributed by atoms with van der Waals surface area (Å²) in [6.07, 6.45) is 8.23. The van der Waals surface area contributed by atoms with Gasteiger partial charge >= 0.3 is 0 Å². The minimum absolute atomic E-state index is 0.0561. The van der Waals surface area contributed by atoms with Gasteiger partial charge in [0.05, 0.1) is 4.90 Å². The zero-order chi connectivity index (χ0) is 21.4. The highest BCUT2D eigenvalue weighted by atomic mass is 32.2. The summed E-state index contributed by atoms with van der Waals surface area (Å²) in [6, 6.07) is 6.35. The van der Waals surface area contributed by atoms with Gasteiger partial charge in [0.1, 0.15) is 11.6 Å². The SMILES string of the molecule is O=C(c1ccc(S(=O)(=O)NC2CC2)cc1)N1CCCC(c2nnc3n2CCCCC3)C1. The lowest BCUT2D eigenvalue weighted by Crippen LogP contribution is -2.39. The van der Waals surface area contributed by atoms with Crippen molar-refractivity contribution in [2.45, 2.75) is 74.8 Å². The normalized spacial score (nSPS) is 22.1. The molecule has 1 atom stereocenters. The van der Waals surface area contributed by atoms with Crippen LogP contribution in [-0.2, 0) is 23.0 Å². The van der Waals surface area contributed by atoms with Crippen molar-refractivity contribution in [2.75, 3.05) is 13.1 Å². The number of amides is 1. The lowest BCUT2D eigenvalue weighted by Gasteiger charge is -2.32. The molecule has 1 aromatic heterocycles. The van der Waals surface area contributed by atoms with E-state index in [4.69, 9.17) is 0 Å². The van der Waals surface area contributed by atoms with E-state index in [-0.39, 0.29) is 22.8 Å². The molecular weight excluding hydrogens is 414 g/mol. The van der Waals surface area contributed by atoms with Gasteiger partial charge in [-0.2, -0.15) is 0 Å². The third-order valence-corrected chi connectivity index (χ3v) is 8.06. The number of carbonyl (C=O) groups excluding carboxylic acids is 1. The molecule has 1 aliphatic carbocycles. The second-order valence-corrected chi connectivity index (χ2v) is 10.7. The Morgan fingerprint density at radius 3 is 2.55 bits per heavy atom. The third kappa shape index (κ3) is 4.39. The summed E-state index contributed by atoms with van der Waals surface area (Å²) in [5, 5.41) is 8.92. The van der Waals surface area contributed by atoms with Crippen molar-refractivity contribution in [1.82, 2.24) is 24.4 Å². The Balaban J connectivity index is 1.29. The summed E-state index contributed by atoms with van der Waals surface area (Å²) in [7, 11) is -3.51. The van der Waals surface area contributed by atoms with Crippen molar-refractivity contribution in [3.05, 3.63) is 41.5 Å².